The first-order valence-electron chi connectivity index (χ1n) is 7.32. The number of nitrogens with one attached hydrogen (secondary N) is 2. The smallest absolute Gasteiger partial charge is 0.311 e. The zero-order chi connectivity index (χ0) is 15.5. The van der Waals surface area contributed by atoms with Gasteiger partial charge in [-0.15, -0.1) is 0 Å². The number of hydrogen-bond acceptors (Lipinski definition) is 5. The van der Waals surface area contributed by atoms with Gasteiger partial charge in [0.25, 0.3) is 0 Å². The molecule has 0 saturated carbocycles. The molecule has 0 bridgehead atoms. The van der Waals surface area contributed by atoms with Crippen LogP contribution in [-0.2, 0) is 6.42 Å². The van der Waals surface area contributed by atoms with Gasteiger partial charge in [-0.1, -0.05) is 24.3 Å². The highest BCUT2D eigenvalue weighted by atomic mass is 16.6. The first-order valence-corrected chi connectivity index (χ1v) is 7.32. The van der Waals surface area contributed by atoms with Crippen LogP contribution in [0.25, 0.3) is 0 Å². The van der Waals surface area contributed by atoms with Gasteiger partial charge in [0.2, 0.25) is 5.82 Å². The Balaban J connectivity index is 1.79. The molecule has 6 heteroatoms. The summed E-state index contributed by atoms with van der Waals surface area (Å²) in [6.45, 7) is 3.30. The van der Waals surface area contributed by atoms with Crippen LogP contribution < -0.4 is 10.6 Å². The minimum Gasteiger partial charge on any atom is -0.362 e. The predicted molar refractivity (Wildman–Crippen MR) is 85.0 cm³/mol. The minimum atomic E-state index is -0.406. The summed E-state index contributed by atoms with van der Waals surface area (Å²) in [5.41, 5.74) is 3.34. The van der Waals surface area contributed by atoms with Crippen molar-refractivity contribution in [3.05, 3.63) is 63.3 Å². The number of rotatable bonds is 4. The number of nitrogens with zero attached hydrogens (tertiary/aromatic N) is 2. The maximum absolute atomic E-state index is 11.1. The molecule has 1 aliphatic heterocycles. The summed E-state index contributed by atoms with van der Waals surface area (Å²) in [5.74, 6) is 0.329. The zero-order valence-electron chi connectivity index (χ0n) is 12.4. The van der Waals surface area contributed by atoms with E-state index in [0.29, 0.717) is 12.4 Å². The van der Waals surface area contributed by atoms with Gasteiger partial charge in [-0.2, -0.15) is 0 Å². The first kappa shape index (κ1) is 14.5. The number of nitro groups is 1. The summed E-state index contributed by atoms with van der Waals surface area (Å²) in [6.07, 6.45) is 1.01. The van der Waals surface area contributed by atoms with E-state index in [9.17, 15) is 10.1 Å². The average molecular weight is 298 g/mol. The van der Waals surface area contributed by atoms with Crippen molar-refractivity contribution in [1.82, 2.24) is 10.3 Å². The van der Waals surface area contributed by atoms with Gasteiger partial charge in [-0.3, -0.25) is 10.1 Å². The van der Waals surface area contributed by atoms with E-state index in [1.165, 1.54) is 17.2 Å². The van der Waals surface area contributed by atoms with Crippen LogP contribution in [0.1, 0.15) is 22.9 Å². The molecule has 2 aromatic rings. The molecule has 0 spiro atoms. The van der Waals surface area contributed by atoms with Crippen LogP contribution in [0.2, 0.25) is 0 Å². The fourth-order valence-electron chi connectivity index (χ4n) is 2.80. The van der Waals surface area contributed by atoms with Crippen LogP contribution in [0.15, 0.2) is 36.4 Å². The molecule has 3 rings (SSSR count). The van der Waals surface area contributed by atoms with Crippen LogP contribution in [-0.4, -0.2) is 23.0 Å². The molecule has 0 amide bonds. The first-order chi connectivity index (χ1) is 10.6. The normalized spacial score (nSPS) is 16.9. The maximum atomic E-state index is 11.1. The fraction of sp³-hybridized carbons (Fsp3) is 0.312. The highest BCUT2D eigenvalue weighted by molar-refractivity contribution is 5.56. The Hall–Kier alpha value is -2.47. The second kappa shape index (κ2) is 6.11. The average Bonchev–Trinajstić information content (AvgIpc) is 2.52. The Bertz CT molecular complexity index is 702. The van der Waals surface area contributed by atoms with Crippen molar-refractivity contribution in [1.29, 1.82) is 0 Å². The van der Waals surface area contributed by atoms with E-state index in [2.05, 4.69) is 27.8 Å². The Morgan fingerprint density at radius 3 is 3.00 bits per heavy atom. The highest BCUT2D eigenvalue weighted by Gasteiger charge is 2.21. The van der Waals surface area contributed by atoms with Gasteiger partial charge >= 0.3 is 5.69 Å². The van der Waals surface area contributed by atoms with E-state index in [1.54, 1.807) is 6.07 Å². The topological polar surface area (TPSA) is 80.1 Å². The molecule has 1 aromatic heterocycles. The molecule has 6 nitrogen and oxygen atoms in total. The molecule has 1 aromatic carbocycles. The Morgan fingerprint density at radius 1 is 1.36 bits per heavy atom. The number of anilines is 1. The van der Waals surface area contributed by atoms with Crippen molar-refractivity contribution in [2.24, 2.45) is 0 Å². The third kappa shape index (κ3) is 2.92. The molecular formula is C16H18N4O2. The van der Waals surface area contributed by atoms with E-state index < -0.39 is 4.92 Å². The van der Waals surface area contributed by atoms with Crippen molar-refractivity contribution in [3.63, 3.8) is 0 Å². The fourth-order valence-corrected chi connectivity index (χ4v) is 2.80. The third-order valence-corrected chi connectivity index (χ3v) is 3.90. The Morgan fingerprint density at radius 2 is 2.18 bits per heavy atom. The molecule has 2 N–H and O–H groups in total. The van der Waals surface area contributed by atoms with E-state index in [0.717, 1.165) is 18.7 Å². The number of aromatic nitrogens is 1. The van der Waals surface area contributed by atoms with Crippen molar-refractivity contribution in [3.8, 4) is 0 Å². The van der Waals surface area contributed by atoms with Crippen LogP contribution in [0, 0.1) is 17.0 Å². The van der Waals surface area contributed by atoms with Gasteiger partial charge in [-0.05, 0) is 37.1 Å². The summed E-state index contributed by atoms with van der Waals surface area (Å²) >= 11 is 0. The molecule has 1 aliphatic rings. The summed E-state index contributed by atoms with van der Waals surface area (Å²) < 4.78 is 0. The van der Waals surface area contributed by atoms with Crippen molar-refractivity contribution in [2.75, 3.05) is 18.4 Å². The monoisotopic (exact) mass is 298 g/mol. The van der Waals surface area contributed by atoms with E-state index >= 15 is 0 Å². The molecule has 1 atom stereocenters. The van der Waals surface area contributed by atoms with Crippen molar-refractivity contribution in [2.45, 2.75) is 19.4 Å². The molecule has 114 valence electrons. The summed E-state index contributed by atoms with van der Waals surface area (Å²) in [6, 6.07) is 11.6. The van der Waals surface area contributed by atoms with E-state index in [-0.39, 0.29) is 11.7 Å². The lowest BCUT2D eigenvalue weighted by molar-refractivity contribution is -0.384. The molecule has 0 radical (unpaired) electrons. The van der Waals surface area contributed by atoms with Crippen LogP contribution >= 0.6 is 0 Å². The zero-order valence-corrected chi connectivity index (χ0v) is 12.4. The van der Waals surface area contributed by atoms with Crippen molar-refractivity contribution >= 4 is 11.5 Å². The van der Waals surface area contributed by atoms with Gasteiger partial charge in [0.15, 0.2) is 0 Å². The SMILES string of the molecule is Cc1ccc([N+](=O)[O-])c(NCC2NCCc3ccccc32)n1. The van der Waals surface area contributed by atoms with Gasteiger partial charge in [0.1, 0.15) is 0 Å². The molecule has 0 fully saturated rings. The van der Waals surface area contributed by atoms with Gasteiger partial charge < -0.3 is 10.6 Å². The van der Waals surface area contributed by atoms with Gasteiger partial charge in [-0.25, -0.2) is 4.98 Å². The lowest BCUT2D eigenvalue weighted by Gasteiger charge is -2.27. The van der Waals surface area contributed by atoms with Crippen molar-refractivity contribution < 1.29 is 4.92 Å². The quantitative estimate of drug-likeness (QED) is 0.670. The highest BCUT2D eigenvalue weighted by Crippen LogP contribution is 2.25. The van der Waals surface area contributed by atoms with Gasteiger partial charge in [0.05, 0.1) is 4.92 Å². The Labute approximate surface area is 128 Å². The maximum Gasteiger partial charge on any atom is 0.311 e. The number of fused-ring (bicyclic) bond motifs is 1. The summed E-state index contributed by atoms with van der Waals surface area (Å²) in [7, 11) is 0. The lowest BCUT2D eigenvalue weighted by atomic mass is 9.94. The number of hydrogen-bond donors (Lipinski definition) is 2. The number of pyridine rings is 1. The second-order valence-corrected chi connectivity index (χ2v) is 5.41. The second-order valence-electron chi connectivity index (χ2n) is 5.41. The molecule has 22 heavy (non-hydrogen) atoms. The van der Waals surface area contributed by atoms with E-state index in [1.807, 2.05) is 19.1 Å². The number of benzene rings is 1. The lowest BCUT2D eigenvalue weighted by Crippen LogP contribution is -2.34. The summed E-state index contributed by atoms with van der Waals surface area (Å²) in [4.78, 5) is 14.9. The molecular weight excluding hydrogens is 280 g/mol. The summed E-state index contributed by atoms with van der Waals surface area (Å²) in [5, 5.41) is 17.7. The Kier molecular flexibility index (Phi) is 4.02. The molecule has 2 heterocycles. The van der Waals surface area contributed by atoms with Crippen LogP contribution in [0.5, 0.6) is 0 Å². The third-order valence-electron chi connectivity index (χ3n) is 3.90. The largest absolute Gasteiger partial charge is 0.362 e. The molecule has 0 aliphatic carbocycles. The standard InChI is InChI=1S/C16H18N4O2/c1-11-6-7-15(20(21)22)16(19-11)18-10-14-13-5-3-2-4-12(13)8-9-17-14/h2-7,14,17H,8-10H2,1H3,(H,18,19). The van der Waals surface area contributed by atoms with Crippen LogP contribution in [0.4, 0.5) is 11.5 Å². The van der Waals surface area contributed by atoms with E-state index in [4.69, 9.17) is 0 Å². The number of aryl methyl sites for hydroxylation is 1. The minimum absolute atomic E-state index is 0.00898. The predicted octanol–water partition coefficient (Wildman–Crippen LogP) is 2.60. The van der Waals surface area contributed by atoms with Crippen LogP contribution in [0.3, 0.4) is 0 Å². The molecule has 0 saturated heterocycles. The molecule has 1 unspecified atom stereocenters. The van der Waals surface area contributed by atoms with Gasteiger partial charge in [0, 0.05) is 24.3 Å².